The van der Waals surface area contributed by atoms with Crippen LogP contribution in [0.25, 0.3) is 0 Å². The first kappa shape index (κ1) is 27.7. The molecule has 0 aromatic rings. The van der Waals surface area contributed by atoms with Crippen molar-refractivity contribution in [2.75, 3.05) is 12.0 Å². The number of hydrogen-bond acceptors (Lipinski definition) is 7. The van der Waals surface area contributed by atoms with Gasteiger partial charge >= 0.3 is 11.9 Å². The maximum Gasteiger partial charge on any atom is 0.325 e. The molecule has 7 N–H and O–H groups in total. The van der Waals surface area contributed by atoms with E-state index in [-0.39, 0.29) is 12.3 Å². The van der Waals surface area contributed by atoms with Gasteiger partial charge in [0.05, 0.1) is 12.5 Å². The Hall–Kier alpha value is -2.34. The van der Waals surface area contributed by atoms with Crippen molar-refractivity contribution in [3.05, 3.63) is 0 Å². The average molecular weight is 449 g/mol. The van der Waals surface area contributed by atoms with Crippen LogP contribution in [-0.2, 0) is 24.0 Å². The molecule has 0 aromatic carbocycles. The maximum atomic E-state index is 12.7. The monoisotopic (exact) mass is 448 g/mol. The fourth-order valence-electron chi connectivity index (χ4n) is 2.39. The Morgan fingerprint density at radius 2 is 1.43 bits per heavy atom. The third kappa shape index (κ3) is 11.0. The number of nitrogens with one attached hydrogen (secondary N) is 3. The van der Waals surface area contributed by atoms with Crippen LogP contribution in [0.5, 0.6) is 0 Å². The zero-order valence-electron chi connectivity index (χ0n) is 17.6. The van der Waals surface area contributed by atoms with Crippen LogP contribution in [0.15, 0.2) is 0 Å². The molecule has 11 nitrogen and oxygen atoms in total. The van der Waals surface area contributed by atoms with E-state index < -0.39 is 60.2 Å². The van der Waals surface area contributed by atoms with E-state index in [9.17, 15) is 24.0 Å². The van der Waals surface area contributed by atoms with Crippen LogP contribution in [0.1, 0.15) is 40.0 Å². The van der Waals surface area contributed by atoms with Gasteiger partial charge in [0.1, 0.15) is 18.1 Å². The summed E-state index contributed by atoms with van der Waals surface area (Å²) in [5.41, 5.74) is 5.83. The van der Waals surface area contributed by atoms with E-state index in [0.29, 0.717) is 12.2 Å². The minimum absolute atomic E-state index is 0.00209. The predicted molar refractivity (Wildman–Crippen MR) is 112 cm³/mol. The summed E-state index contributed by atoms with van der Waals surface area (Å²) in [5, 5.41) is 24.9. The molecule has 172 valence electrons. The van der Waals surface area contributed by atoms with Crippen molar-refractivity contribution in [2.45, 2.75) is 64.2 Å². The van der Waals surface area contributed by atoms with E-state index in [1.54, 1.807) is 0 Å². The summed E-state index contributed by atoms with van der Waals surface area (Å²) >= 11 is 1.53. The molecule has 0 aromatic heterocycles. The minimum Gasteiger partial charge on any atom is -0.481 e. The summed E-state index contributed by atoms with van der Waals surface area (Å²) < 4.78 is 0. The molecule has 0 aliphatic heterocycles. The lowest BCUT2D eigenvalue weighted by Crippen LogP contribution is -2.57. The van der Waals surface area contributed by atoms with Crippen molar-refractivity contribution in [3.63, 3.8) is 0 Å². The number of amides is 3. The first-order valence-corrected chi connectivity index (χ1v) is 10.9. The normalized spacial score (nSPS) is 14.9. The maximum absolute atomic E-state index is 12.7. The molecule has 0 rings (SSSR count). The summed E-state index contributed by atoms with van der Waals surface area (Å²) in [7, 11) is 0. The molecule has 0 saturated carbocycles. The van der Waals surface area contributed by atoms with Gasteiger partial charge in [-0.1, -0.05) is 13.8 Å². The highest BCUT2D eigenvalue weighted by molar-refractivity contribution is 7.98. The van der Waals surface area contributed by atoms with Crippen molar-refractivity contribution in [1.29, 1.82) is 0 Å². The Bertz CT molecular complexity index is 630. The molecular weight excluding hydrogens is 416 g/mol. The Morgan fingerprint density at radius 1 is 0.900 bits per heavy atom. The summed E-state index contributed by atoms with van der Waals surface area (Å²) in [4.78, 5) is 59.3. The number of carboxylic acid groups (broad SMARTS) is 2. The number of carboxylic acids is 2. The van der Waals surface area contributed by atoms with Crippen LogP contribution >= 0.6 is 11.8 Å². The number of carbonyl (C=O) groups is 5. The van der Waals surface area contributed by atoms with Crippen LogP contribution in [-0.4, -0.2) is 76.0 Å². The van der Waals surface area contributed by atoms with E-state index in [0.717, 1.165) is 0 Å². The molecule has 0 fully saturated rings. The molecule has 0 spiro atoms. The molecule has 0 bridgehead atoms. The molecule has 0 saturated heterocycles. The van der Waals surface area contributed by atoms with Gasteiger partial charge < -0.3 is 31.9 Å². The van der Waals surface area contributed by atoms with Gasteiger partial charge in [0.25, 0.3) is 0 Å². The van der Waals surface area contributed by atoms with Crippen molar-refractivity contribution in [2.24, 2.45) is 11.7 Å². The van der Waals surface area contributed by atoms with Gasteiger partial charge in [-0.25, -0.2) is 0 Å². The fraction of sp³-hybridized carbons (Fsp3) is 0.722. The number of rotatable bonds is 14. The number of aliphatic carboxylic acids is 2. The van der Waals surface area contributed by atoms with Crippen molar-refractivity contribution in [1.82, 2.24) is 16.0 Å². The fourth-order valence-corrected chi connectivity index (χ4v) is 2.88. The van der Waals surface area contributed by atoms with Crippen LogP contribution in [0, 0.1) is 5.92 Å². The van der Waals surface area contributed by atoms with E-state index in [1.807, 2.05) is 20.1 Å². The Balaban J connectivity index is 5.31. The lowest BCUT2D eigenvalue weighted by atomic mass is 10.0. The molecule has 4 unspecified atom stereocenters. The molecule has 30 heavy (non-hydrogen) atoms. The third-order valence-corrected chi connectivity index (χ3v) is 4.69. The number of hydrogen-bond donors (Lipinski definition) is 6. The number of thioether (sulfide) groups is 1. The van der Waals surface area contributed by atoms with Crippen molar-refractivity contribution < 1.29 is 34.2 Å². The Labute approximate surface area is 179 Å². The molecule has 0 heterocycles. The van der Waals surface area contributed by atoms with Gasteiger partial charge in [-0.05, 0) is 37.7 Å². The second kappa shape index (κ2) is 13.8. The van der Waals surface area contributed by atoms with Crippen LogP contribution in [0.3, 0.4) is 0 Å². The van der Waals surface area contributed by atoms with Gasteiger partial charge in [0.15, 0.2) is 0 Å². The number of carbonyl (C=O) groups excluding carboxylic acids is 3. The summed E-state index contributed by atoms with van der Waals surface area (Å²) in [6.45, 7) is 4.86. The standard InChI is InChI=1S/C18H32N4O7S/c1-9(2)7-12(21-15(25)11(19)5-6-30-4)17(27)22-13(8-14(23)24)16(26)20-10(3)18(28)29/h9-13H,5-8,19H2,1-4H3,(H,20,26)(H,21,25)(H,22,27)(H,23,24)(H,28,29). The molecule has 0 aliphatic rings. The highest BCUT2D eigenvalue weighted by atomic mass is 32.2. The van der Waals surface area contributed by atoms with Gasteiger partial charge in [-0.15, -0.1) is 0 Å². The summed E-state index contributed by atoms with van der Waals surface area (Å²) in [6.07, 6.45) is 1.78. The zero-order chi connectivity index (χ0) is 23.4. The molecule has 4 atom stereocenters. The van der Waals surface area contributed by atoms with Crippen LogP contribution in [0.4, 0.5) is 0 Å². The van der Waals surface area contributed by atoms with E-state index in [2.05, 4.69) is 16.0 Å². The lowest BCUT2D eigenvalue weighted by Gasteiger charge is -2.25. The smallest absolute Gasteiger partial charge is 0.325 e. The first-order chi connectivity index (χ1) is 13.9. The minimum atomic E-state index is -1.51. The highest BCUT2D eigenvalue weighted by Gasteiger charge is 2.31. The Morgan fingerprint density at radius 3 is 1.90 bits per heavy atom. The van der Waals surface area contributed by atoms with Crippen LogP contribution in [0.2, 0.25) is 0 Å². The molecular formula is C18H32N4O7S. The molecule has 0 radical (unpaired) electrons. The predicted octanol–water partition coefficient (Wildman–Crippen LogP) is -0.853. The van der Waals surface area contributed by atoms with Crippen molar-refractivity contribution in [3.8, 4) is 0 Å². The molecule has 3 amide bonds. The van der Waals surface area contributed by atoms with Crippen molar-refractivity contribution >= 4 is 41.4 Å². The zero-order valence-corrected chi connectivity index (χ0v) is 18.5. The van der Waals surface area contributed by atoms with Gasteiger partial charge in [-0.3, -0.25) is 24.0 Å². The third-order valence-electron chi connectivity index (χ3n) is 4.05. The first-order valence-electron chi connectivity index (χ1n) is 9.49. The lowest BCUT2D eigenvalue weighted by molar-refractivity contribution is -0.143. The van der Waals surface area contributed by atoms with E-state index >= 15 is 0 Å². The van der Waals surface area contributed by atoms with Crippen LogP contribution < -0.4 is 21.7 Å². The van der Waals surface area contributed by atoms with E-state index in [4.69, 9.17) is 15.9 Å². The second-order valence-electron chi connectivity index (χ2n) is 7.31. The van der Waals surface area contributed by atoms with Gasteiger partial charge in [0.2, 0.25) is 17.7 Å². The van der Waals surface area contributed by atoms with E-state index in [1.165, 1.54) is 18.7 Å². The Kier molecular flexibility index (Phi) is 12.7. The molecule has 12 heteroatoms. The largest absolute Gasteiger partial charge is 0.481 e. The SMILES string of the molecule is CSCCC(N)C(=O)NC(CC(C)C)C(=O)NC(CC(=O)O)C(=O)NC(C)C(=O)O. The molecule has 0 aliphatic carbocycles. The summed E-state index contributed by atoms with van der Waals surface area (Å²) in [5.74, 6) is -4.23. The summed E-state index contributed by atoms with van der Waals surface area (Å²) in [6, 6.07) is -4.62. The topological polar surface area (TPSA) is 188 Å². The van der Waals surface area contributed by atoms with Gasteiger partial charge in [-0.2, -0.15) is 11.8 Å². The number of nitrogens with two attached hydrogens (primary N) is 1. The average Bonchev–Trinajstić information content (AvgIpc) is 2.63. The quantitative estimate of drug-likeness (QED) is 0.197. The highest BCUT2D eigenvalue weighted by Crippen LogP contribution is 2.08. The van der Waals surface area contributed by atoms with Gasteiger partial charge in [0, 0.05) is 0 Å². The second-order valence-corrected chi connectivity index (χ2v) is 8.29.